The van der Waals surface area contributed by atoms with Gasteiger partial charge in [-0.3, -0.25) is 0 Å². The maximum absolute atomic E-state index is 3.76. The van der Waals surface area contributed by atoms with Crippen LogP contribution < -0.4 is 5.32 Å². The van der Waals surface area contributed by atoms with Crippen LogP contribution in [0.2, 0.25) is 0 Å². The smallest absolute Gasteiger partial charge is 0.0377 e. The Hall–Kier alpha value is -1.02. The summed E-state index contributed by atoms with van der Waals surface area (Å²) in [4.78, 5) is 2.51. The lowest BCUT2D eigenvalue weighted by atomic mass is 9.90. The molecule has 1 aliphatic carbocycles. The number of nitrogens with one attached hydrogen (secondary N) is 1. The van der Waals surface area contributed by atoms with E-state index < -0.39 is 0 Å². The van der Waals surface area contributed by atoms with E-state index in [9.17, 15) is 0 Å². The zero-order valence-corrected chi connectivity index (χ0v) is 14.1. The van der Waals surface area contributed by atoms with Crippen LogP contribution >= 0.6 is 0 Å². The van der Waals surface area contributed by atoms with Crippen LogP contribution in [-0.4, -0.2) is 30.6 Å². The van der Waals surface area contributed by atoms with Crippen molar-refractivity contribution < 1.29 is 0 Å². The predicted molar refractivity (Wildman–Crippen MR) is 93.2 cm³/mol. The Morgan fingerprint density at radius 3 is 2.67 bits per heavy atom. The van der Waals surface area contributed by atoms with Crippen molar-refractivity contribution in [1.82, 2.24) is 4.90 Å². The fourth-order valence-electron chi connectivity index (χ4n) is 3.42. The lowest BCUT2D eigenvalue weighted by Gasteiger charge is -2.24. The second-order valence-corrected chi connectivity index (χ2v) is 6.36. The van der Waals surface area contributed by atoms with Gasteiger partial charge in [-0.05, 0) is 82.3 Å². The second-order valence-electron chi connectivity index (χ2n) is 6.36. The minimum Gasteiger partial charge on any atom is -0.382 e. The average Bonchev–Trinajstić information content (AvgIpc) is 2.52. The van der Waals surface area contributed by atoms with Crippen molar-refractivity contribution in [3.8, 4) is 0 Å². The van der Waals surface area contributed by atoms with Crippen molar-refractivity contribution in [2.75, 3.05) is 25.0 Å². The van der Waals surface area contributed by atoms with Crippen molar-refractivity contribution >= 4 is 5.69 Å². The molecule has 118 valence electrons. The van der Waals surface area contributed by atoms with E-state index in [1.165, 1.54) is 63.8 Å². The summed E-state index contributed by atoms with van der Waals surface area (Å²) in [5.74, 6) is 0. The van der Waals surface area contributed by atoms with Gasteiger partial charge in [0.1, 0.15) is 0 Å². The summed E-state index contributed by atoms with van der Waals surface area (Å²) in [5.41, 5.74) is 4.54. The number of hydrogen-bond donors (Lipinski definition) is 1. The minimum absolute atomic E-state index is 0.564. The number of benzene rings is 1. The van der Waals surface area contributed by atoms with Gasteiger partial charge in [-0.1, -0.05) is 26.0 Å². The predicted octanol–water partition coefficient (Wildman–Crippen LogP) is 4.49. The highest BCUT2D eigenvalue weighted by atomic mass is 15.1. The number of hydrogen-bond acceptors (Lipinski definition) is 2. The number of fused-ring (bicyclic) bond motifs is 1. The SMILES string of the molecule is CCN(CC)CCC[C@H](C)Nc1cccc2c1CCCC2. The van der Waals surface area contributed by atoms with E-state index in [0.717, 1.165) is 0 Å². The molecule has 0 heterocycles. The van der Waals surface area contributed by atoms with Gasteiger partial charge in [0.05, 0.1) is 0 Å². The average molecular weight is 288 g/mol. The first-order valence-corrected chi connectivity index (χ1v) is 8.84. The molecule has 1 N–H and O–H groups in total. The van der Waals surface area contributed by atoms with Crippen molar-refractivity contribution in [2.45, 2.75) is 65.3 Å². The van der Waals surface area contributed by atoms with E-state index in [0.29, 0.717) is 6.04 Å². The normalized spacial score (nSPS) is 15.8. The van der Waals surface area contributed by atoms with Gasteiger partial charge in [-0.25, -0.2) is 0 Å². The molecule has 2 rings (SSSR count). The number of rotatable bonds is 8. The Morgan fingerprint density at radius 2 is 1.90 bits per heavy atom. The Labute approximate surface area is 130 Å². The van der Waals surface area contributed by atoms with Crippen molar-refractivity contribution in [3.63, 3.8) is 0 Å². The highest BCUT2D eigenvalue weighted by molar-refractivity contribution is 5.56. The van der Waals surface area contributed by atoms with Crippen LogP contribution in [-0.2, 0) is 12.8 Å². The number of aryl methyl sites for hydroxylation is 1. The minimum atomic E-state index is 0.564. The summed E-state index contributed by atoms with van der Waals surface area (Å²) in [6.07, 6.45) is 7.76. The molecule has 0 amide bonds. The largest absolute Gasteiger partial charge is 0.382 e. The third-order valence-electron chi connectivity index (χ3n) is 4.80. The summed E-state index contributed by atoms with van der Waals surface area (Å²) in [6.45, 7) is 10.4. The molecule has 0 saturated heterocycles. The van der Waals surface area contributed by atoms with Gasteiger partial charge in [0, 0.05) is 11.7 Å². The van der Waals surface area contributed by atoms with E-state index in [1.807, 2.05) is 0 Å². The van der Waals surface area contributed by atoms with Gasteiger partial charge in [0.25, 0.3) is 0 Å². The molecule has 0 fully saturated rings. The Morgan fingerprint density at radius 1 is 1.14 bits per heavy atom. The van der Waals surface area contributed by atoms with Crippen LogP contribution in [0.25, 0.3) is 0 Å². The van der Waals surface area contributed by atoms with Gasteiger partial charge in [0.2, 0.25) is 0 Å². The zero-order valence-electron chi connectivity index (χ0n) is 14.1. The van der Waals surface area contributed by atoms with Gasteiger partial charge in [-0.15, -0.1) is 0 Å². The second kappa shape index (κ2) is 8.43. The van der Waals surface area contributed by atoms with Crippen LogP contribution in [0.3, 0.4) is 0 Å². The first-order valence-electron chi connectivity index (χ1n) is 8.84. The van der Waals surface area contributed by atoms with E-state index in [4.69, 9.17) is 0 Å². The summed E-state index contributed by atoms with van der Waals surface area (Å²) in [7, 11) is 0. The molecular formula is C19H32N2. The molecule has 1 atom stereocenters. The van der Waals surface area contributed by atoms with Crippen LogP contribution in [0, 0.1) is 0 Å². The molecule has 1 aromatic rings. The molecule has 2 nitrogen and oxygen atoms in total. The molecule has 1 aromatic carbocycles. The van der Waals surface area contributed by atoms with Gasteiger partial charge < -0.3 is 10.2 Å². The first-order chi connectivity index (χ1) is 10.2. The Bertz CT molecular complexity index is 424. The van der Waals surface area contributed by atoms with Crippen LogP contribution in [0.1, 0.15) is 57.6 Å². The molecular weight excluding hydrogens is 256 g/mol. The van der Waals surface area contributed by atoms with Gasteiger partial charge in [-0.2, -0.15) is 0 Å². The maximum Gasteiger partial charge on any atom is 0.0377 e. The summed E-state index contributed by atoms with van der Waals surface area (Å²) >= 11 is 0. The lowest BCUT2D eigenvalue weighted by Crippen LogP contribution is -2.26. The highest BCUT2D eigenvalue weighted by Crippen LogP contribution is 2.28. The number of nitrogens with zero attached hydrogens (tertiary/aromatic N) is 1. The van der Waals surface area contributed by atoms with Crippen LogP contribution in [0.4, 0.5) is 5.69 Å². The third kappa shape index (κ3) is 4.74. The fraction of sp³-hybridized carbons (Fsp3) is 0.684. The standard InChI is InChI=1S/C19H32N2/c1-4-21(5-2)15-9-10-16(3)20-19-14-8-12-17-11-6-7-13-18(17)19/h8,12,14,16,20H,4-7,9-11,13,15H2,1-3H3/t16-/m0/s1. The van der Waals surface area contributed by atoms with Crippen LogP contribution in [0.15, 0.2) is 18.2 Å². The molecule has 0 bridgehead atoms. The molecule has 0 radical (unpaired) electrons. The molecule has 0 aromatic heterocycles. The molecule has 0 spiro atoms. The Balaban J connectivity index is 1.84. The molecule has 21 heavy (non-hydrogen) atoms. The monoisotopic (exact) mass is 288 g/mol. The van der Waals surface area contributed by atoms with E-state index >= 15 is 0 Å². The lowest BCUT2D eigenvalue weighted by molar-refractivity contribution is 0.295. The molecule has 0 aliphatic heterocycles. The molecule has 1 aliphatic rings. The maximum atomic E-state index is 3.76. The van der Waals surface area contributed by atoms with Gasteiger partial charge >= 0.3 is 0 Å². The third-order valence-corrected chi connectivity index (χ3v) is 4.80. The number of anilines is 1. The van der Waals surface area contributed by atoms with Crippen molar-refractivity contribution in [3.05, 3.63) is 29.3 Å². The van der Waals surface area contributed by atoms with Crippen molar-refractivity contribution in [1.29, 1.82) is 0 Å². The van der Waals surface area contributed by atoms with Crippen molar-refractivity contribution in [2.24, 2.45) is 0 Å². The Kier molecular flexibility index (Phi) is 6.56. The molecule has 2 heteroatoms. The van der Waals surface area contributed by atoms with E-state index in [2.05, 4.69) is 49.2 Å². The fourth-order valence-corrected chi connectivity index (χ4v) is 3.42. The van der Waals surface area contributed by atoms with E-state index in [1.54, 1.807) is 11.1 Å². The van der Waals surface area contributed by atoms with Crippen LogP contribution in [0.5, 0.6) is 0 Å². The highest BCUT2D eigenvalue weighted by Gasteiger charge is 2.14. The summed E-state index contributed by atoms with van der Waals surface area (Å²) in [6, 6.07) is 7.36. The summed E-state index contributed by atoms with van der Waals surface area (Å²) < 4.78 is 0. The molecule has 0 saturated carbocycles. The van der Waals surface area contributed by atoms with Gasteiger partial charge in [0.15, 0.2) is 0 Å². The quantitative estimate of drug-likeness (QED) is 0.758. The zero-order chi connectivity index (χ0) is 15.1. The molecule has 0 unspecified atom stereocenters. The first kappa shape index (κ1) is 16.4. The van der Waals surface area contributed by atoms with E-state index in [-0.39, 0.29) is 0 Å². The topological polar surface area (TPSA) is 15.3 Å². The summed E-state index contributed by atoms with van der Waals surface area (Å²) in [5, 5.41) is 3.76.